The number of hydrogen-bond donors (Lipinski definition) is 0. The van der Waals surface area contributed by atoms with Crippen molar-refractivity contribution < 1.29 is 13.2 Å². The monoisotopic (exact) mass is 321 g/mol. The van der Waals surface area contributed by atoms with Gasteiger partial charge in [0, 0.05) is 0 Å². The van der Waals surface area contributed by atoms with Crippen LogP contribution in [-0.4, -0.2) is 4.98 Å². The number of aryl methyl sites for hydroxylation is 1. The van der Waals surface area contributed by atoms with Gasteiger partial charge in [-0.25, -0.2) is 4.98 Å². The molecule has 0 radical (unpaired) electrons. The topological polar surface area (TPSA) is 12.9 Å². The molecule has 6 heteroatoms. The molecule has 0 aliphatic heterocycles. The third-order valence-corrected chi connectivity index (χ3v) is 2.73. The number of aromatic nitrogens is 1. The standard InChI is InChI=1S/C8H10.C6H2Cl2F3N/c1-2-8-6-4-3-5-7-8;7-4-1-3(6(9,10)11)2-5(8)12-4/h3-7H,2H2,1H3;1-2H. The van der Waals surface area contributed by atoms with Crippen LogP contribution in [0.25, 0.3) is 0 Å². The molecule has 20 heavy (non-hydrogen) atoms. The molecule has 0 fully saturated rings. The maximum Gasteiger partial charge on any atom is 0.416 e. The highest BCUT2D eigenvalue weighted by molar-refractivity contribution is 6.32. The van der Waals surface area contributed by atoms with Gasteiger partial charge in [0.05, 0.1) is 5.56 Å². The van der Waals surface area contributed by atoms with Gasteiger partial charge < -0.3 is 0 Å². The van der Waals surface area contributed by atoms with Gasteiger partial charge in [-0.15, -0.1) is 0 Å². The molecule has 1 nitrogen and oxygen atoms in total. The Kier molecular flexibility index (Phi) is 6.30. The summed E-state index contributed by atoms with van der Waals surface area (Å²) in [6, 6.07) is 11.9. The number of pyridine rings is 1. The van der Waals surface area contributed by atoms with Gasteiger partial charge in [-0.2, -0.15) is 13.2 Å². The molecule has 0 atom stereocenters. The van der Waals surface area contributed by atoms with Crippen molar-refractivity contribution in [1.82, 2.24) is 4.98 Å². The van der Waals surface area contributed by atoms with E-state index in [1.54, 1.807) is 0 Å². The van der Waals surface area contributed by atoms with E-state index in [0.29, 0.717) is 12.1 Å². The molecule has 1 heterocycles. The number of alkyl halides is 3. The Morgan fingerprint density at radius 1 is 1.00 bits per heavy atom. The van der Waals surface area contributed by atoms with Crippen molar-refractivity contribution >= 4 is 23.2 Å². The maximum absolute atomic E-state index is 12.0. The van der Waals surface area contributed by atoms with Gasteiger partial charge in [0.15, 0.2) is 0 Å². The Morgan fingerprint density at radius 2 is 1.50 bits per heavy atom. The molecule has 0 saturated heterocycles. The molecule has 0 aliphatic carbocycles. The van der Waals surface area contributed by atoms with Crippen LogP contribution in [0, 0.1) is 0 Å². The molecule has 0 amide bonds. The fourth-order valence-corrected chi connectivity index (χ4v) is 1.80. The molecule has 0 unspecified atom stereocenters. The van der Waals surface area contributed by atoms with E-state index in [4.69, 9.17) is 23.2 Å². The lowest BCUT2D eigenvalue weighted by atomic mass is 10.2. The van der Waals surface area contributed by atoms with Crippen molar-refractivity contribution in [3.8, 4) is 0 Å². The quantitative estimate of drug-likeness (QED) is 0.618. The van der Waals surface area contributed by atoms with Crippen LogP contribution in [0.2, 0.25) is 10.3 Å². The van der Waals surface area contributed by atoms with Crippen molar-refractivity contribution in [2.24, 2.45) is 0 Å². The number of rotatable bonds is 1. The largest absolute Gasteiger partial charge is 0.416 e. The van der Waals surface area contributed by atoms with Crippen LogP contribution in [0.1, 0.15) is 18.1 Å². The lowest BCUT2D eigenvalue weighted by Crippen LogP contribution is -2.05. The van der Waals surface area contributed by atoms with Crippen LogP contribution in [0.4, 0.5) is 13.2 Å². The fraction of sp³-hybridized carbons (Fsp3) is 0.214. The van der Waals surface area contributed by atoms with Gasteiger partial charge in [-0.1, -0.05) is 60.5 Å². The highest BCUT2D eigenvalue weighted by atomic mass is 35.5. The molecule has 0 spiro atoms. The fourth-order valence-electron chi connectivity index (χ4n) is 1.34. The molecule has 2 rings (SSSR count). The molecule has 108 valence electrons. The SMILES string of the molecule is CCc1ccccc1.FC(F)(F)c1cc(Cl)nc(Cl)c1. The second-order valence-corrected chi connectivity index (χ2v) is 4.61. The van der Waals surface area contributed by atoms with Crippen molar-refractivity contribution in [2.45, 2.75) is 19.5 Å². The molecule has 0 aliphatic rings. The Bertz CT molecular complexity index is 522. The van der Waals surface area contributed by atoms with E-state index in [-0.39, 0.29) is 10.3 Å². The van der Waals surface area contributed by atoms with Crippen LogP contribution in [-0.2, 0) is 12.6 Å². The van der Waals surface area contributed by atoms with Crippen molar-refractivity contribution in [1.29, 1.82) is 0 Å². The number of hydrogen-bond acceptors (Lipinski definition) is 1. The summed E-state index contributed by atoms with van der Waals surface area (Å²) < 4.78 is 36.0. The summed E-state index contributed by atoms with van der Waals surface area (Å²) in [5.41, 5.74) is 0.514. The normalized spacial score (nSPS) is 10.7. The third kappa shape index (κ3) is 5.80. The van der Waals surface area contributed by atoms with Gasteiger partial charge in [-0.3, -0.25) is 0 Å². The lowest BCUT2D eigenvalue weighted by Gasteiger charge is -2.06. The summed E-state index contributed by atoms with van der Waals surface area (Å²) in [5.74, 6) is 0. The molecule has 1 aromatic carbocycles. The highest BCUT2D eigenvalue weighted by Crippen LogP contribution is 2.31. The molecule has 0 bridgehead atoms. The summed E-state index contributed by atoms with van der Waals surface area (Å²) >= 11 is 10.5. The van der Waals surface area contributed by atoms with Gasteiger partial charge in [0.1, 0.15) is 10.3 Å². The maximum atomic E-state index is 12.0. The molecule has 2 aromatic rings. The summed E-state index contributed by atoms with van der Waals surface area (Å²) in [5, 5.41) is -0.537. The van der Waals surface area contributed by atoms with E-state index in [0.717, 1.165) is 6.42 Å². The van der Waals surface area contributed by atoms with E-state index in [9.17, 15) is 13.2 Å². The van der Waals surface area contributed by atoms with Crippen molar-refractivity contribution in [3.05, 3.63) is 63.9 Å². The number of halogens is 5. The van der Waals surface area contributed by atoms with Crippen LogP contribution >= 0.6 is 23.2 Å². The first-order valence-electron chi connectivity index (χ1n) is 5.77. The van der Waals surface area contributed by atoms with E-state index in [1.807, 2.05) is 6.07 Å². The van der Waals surface area contributed by atoms with Gasteiger partial charge in [0.2, 0.25) is 0 Å². The Labute approximate surface area is 125 Å². The number of benzene rings is 1. The highest BCUT2D eigenvalue weighted by Gasteiger charge is 2.31. The smallest absolute Gasteiger partial charge is 0.224 e. The second-order valence-electron chi connectivity index (χ2n) is 3.84. The van der Waals surface area contributed by atoms with Crippen LogP contribution < -0.4 is 0 Å². The first kappa shape index (κ1) is 16.8. The van der Waals surface area contributed by atoms with E-state index >= 15 is 0 Å². The zero-order valence-electron chi connectivity index (χ0n) is 10.6. The van der Waals surface area contributed by atoms with Crippen LogP contribution in [0.5, 0.6) is 0 Å². The molecule has 0 N–H and O–H groups in total. The minimum Gasteiger partial charge on any atom is -0.224 e. The van der Waals surface area contributed by atoms with Gasteiger partial charge in [0.25, 0.3) is 0 Å². The molecule has 1 aromatic heterocycles. The van der Waals surface area contributed by atoms with Crippen molar-refractivity contribution in [2.75, 3.05) is 0 Å². The lowest BCUT2D eigenvalue weighted by molar-refractivity contribution is -0.137. The van der Waals surface area contributed by atoms with Gasteiger partial charge >= 0.3 is 6.18 Å². The summed E-state index contributed by atoms with van der Waals surface area (Å²) in [7, 11) is 0. The zero-order chi connectivity index (χ0) is 15.2. The minimum absolute atomic E-state index is 0.269. The minimum atomic E-state index is -4.43. The van der Waals surface area contributed by atoms with Crippen LogP contribution in [0.3, 0.4) is 0 Å². The molecular weight excluding hydrogens is 310 g/mol. The van der Waals surface area contributed by atoms with E-state index in [2.05, 4.69) is 36.2 Å². The average Bonchev–Trinajstić information content (AvgIpc) is 2.38. The third-order valence-electron chi connectivity index (χ3n) is 2.34. The Balaban J connectivity index is 0.000000217. The number of nitrogens with zero attached hydrogens (tertiary/aromatic N) is 1. The Hall–Kier alpha value is -1.26. The first-order chi connectivity index (χ1) is 9.32. The average molecular weight is 322 g/mol. The predicted octanol–water partition coefficient (Wildman–Crippen LogP) is 5.66. The predicted molar refractivity (Wildman–Crippen MR) is 75.1 cm³/mol. The second kappa shape index (κ2) is 7.50. The van der Waals surface area contributed by atoms with E-state index in [1.165, 1.54) is 5.56 Å². The molecular formula is C14H12Cl2F3N. The molecule has 0 saturated carbocycles. The van der Waals surface area contributed by atoms with Crippen molar-refractivity contribution in [3.63, 3.8) is 0 Å². The first-order valence-corrected chi connectivity index (χ1v) is 6.52. The Morgan fingerprint density at radius 3 is 1.85 bits per heavy atom. The summed E-state index contributed by atoms with van der Waals surface area (Å²) in [6.45, 7) is 2.16. The summed E-state index contributed by atoms with van der Waals surface area (Å²) in [6.07, 6.45) is -3.29. The zero-order valence-corrected chi connectivity index (χ0v) is 12.1. The van der Waals surface area contributed by atoms with E-state index < -0.39 is 11.7 Å². The van der Waals surface area contributed by atoms with Gasteiger partial charge in [-0.05, 0) is 24.1 Å². The van der Waals surface area contributed by atoms with Crippen LogP contribution in [0.15, 0.2) is 42.5 Å². The summed E-state index contributed by atoms with van der Waals surface area (Å²) in [4.78, 5) is 3.38.